The SMILES string of the molecule is C.CCOc1ccc(C(C)=O)c(OC)c1. The zero-order valence-corrected chi connectivity index (χ0v) is 8.66. The Kier molecular flexibility index (Phi) is 5.45. The van der Waals surface area contributed by atoms with Crippen LogP contribution in [0.5, 0.6) is 11.5 Å². The van der Waals surface area contributed by atoms with Gasteiger partial charge < -0.3 is 9.47 Å². The standard InChI is InChI=1S/C11H14O3.CH4/c1-4-14-9-5-6-10(8(2)12)11(7-9)13-3;/h5-7H,4H2,1-3H3;1H4. The molecule has 0 aliphatic heterocycles. The summed E-state index contributed by atoms with van der Waals surface area (Å²) in [6, 6.07) is 5.20. The Labute approximate surface area is 91.0 Å². The van der Waals surface area contributed by atoms with Crippen molar-refractivity contribution in [2.75, 3.05) is 13.7 Å². The Morgan fingerprint density at radius 1 is 1.40 bits per heavy atom. The van der Waals surface area contributed by atoms with E-state index in [0.717, 1.165) is 0 Å². The number of Topliss-reactive ketones (excluding diaryl/α,β-unsaturated/α-hetero) is 1. The largest absolute Gasteiger partial charge is 0.496 e. The molecular weight excluding hydrogens is 192 g/mol. The van der Waals surface area contributed by atoms with Gasteiger partial charge in [-0.2, -0.15) is 0 Å². The number of benzene rings is 1. The lowest BCUT2D eigenvalue weighted by Crippen LogP contribution is -1.99. The molecule has 0 amide bonds. The molecule has 0 aromatic heterocycles. The highest BCUT2D eigenvalue weighted by Gasteiger charge is 2.08. The monoisotopic (exact) mass is 210 g/mol. The Bertz CT molecular complexity index is 332. The highest BCUT2D eigenvalue weighted by atomic mass is 16.5. The molecule has 1 aromatic carbocycles. The summed E-state index contributed by atoms with van der Waals surface area (Å²) in [6.45, 7) is 4.02. The topological polar surface area (TPSA) is 35.5 Å². The first-order chi connectivity index (χ1) is 6.69. The van der Waals surface area contributed by atoms with Gasteiger partial charge in [0, 0.05) is 6.07 Å². The fourth-order valence-electron chi connectivity index (χ4n) is 1.22. The van der Waals surface area contributed by atoms with Crippen LogP contribution in [0.15, 0.2) is 18.2 Å². The summed E-state index contributed by atoms with van der Waals surface area (Å²) < 4.78 is 10.4. The number of carbonyl (C=O) groups is 1. The van der Waals surface area contributed by atoms with E-state index in [9.17, 15) is 4.79 Å². The Morgan fingerprint density at radius 3 is 2.53 bits per heavy atom. The van der Waals surface area contributed by atoms with Crippen LogP contribution in [0.25, 0.3) is 0 Å². The normalized spacial score (nSPS) is 9.00. The first kappa shape index (κ1) is 13.5. The van der Waals surface area contributed by atoms with Crippen molar-refractivity contribution in [1.29, 1.82) is 0 Å². The number of hydrogen-bond acceptors (Lipinski definition) is 3. The fourth-order valence-corrected chi connectivity index (χ4v) is 1.22. The summed E-state index contributed by atoms with van der Waals surface area (Å²) in [5.74, 6) is 1.27. The van der Waals surface area contributed by atoms with Gasteiger partial charge in [0.25, 0.3) is 0 Å². The summed E-state index contributed by atoms with van der Waals surface area (Å²) >= 11 is 0. The van der Waals surface area contributed by atoms with Crippen molar-refractivity contribution in [2.45, 2.75) is 21.3 Å². The van der Waals surface area contributed by atoms with E-state index in [1.54, 1.807) is 18.2 Å². The quantitative estimate of drug-likeness (QED) is 0.717. The molecular formula is C12H18O3. The lowest BCUT2D eigenvalue weighted by Gasteiger charge is -2.08. The Balaban J connectivity index is 0.00000196. The van der Waals surface area contributed by atoms with Gasteiger partial charge in [0.05, 0.1) is 19.3 Å². The lowest BCUT2D eigenvalue weighted by molar-refractivity contribution is 0.101. The second kappa shape index (κ2) is 6.06. The molecule has 84 valence electrons. The third kappa shape index (κ3) is 3.27. The molecule has 0 fully saturated rings. The molecule has 0 N–H and O–H groups in total. The molecule has 1 rings (SSSR count). The number of hydrogen-bond donors (Lipinski definition) is 0. The minimum atomic E-state index is -0.00935. The van der Waals surface area contributed by atoms with E-state index in [-0.39, 0.29) is 13.2 Å². The van der Waals surface area contributed by atoms with Crippen molar-refractivity contribution in [3.05, 3.63) is 23.8 Å². The van der Waals surface area contributed by atoms with Gasteiger partial charge in [0.1, 0.15) is 11.5 Å². The highest BCUT2D eigenvalue weighted by molar-refractivity contribution is 5.97. The molecule has 0 atom stereocenters. The summed E-state index contributed by atoms with van der Waals surface area (Å²) in [4.78, 5) is 11.2. The number of methoxy groups -OCH3 is 1. The van der Waals surface area contributed by atoms with Crippen LogP contribution >= 0.6 is 0 Å². The van der Waals surface area contributed by atoms with Crippen LogP contribution < -0.4 is 9.47 Å². The molecule has 0 saturated heterocycles. The second-order valence-corrected chi connectivity index (χ2v) is 2.85. The van der Waals surface area contributed by atoms with Gasteiger partial charge in [-0.3, -0.25) is 4.79 Å². The van der Waals surface area contributed by atoms with Crippen molar-refractivity contribution >= 4 is 5.78 Å². The van der Waals surface area contributed by atoms with Gasteiger partial charge in [-0.25, -0.2) is 0 Å². The molecule has 15 heavy (non-hydrogen) atoms. The molecule has 0 unspecified atom stereocenters. The molecule has 0 aliphatic rings. The van der Waals surface area contributed by atoms with Gasteiger partial charge >= 0.3 is 0 Å². The highest BCUT2D eigenvalue weighted by Crippen LogP contribution is 2.24. The van der Waals surface area contributed by atoms with E-state index in [4.69, 9.17) is 9.47 Å². The van der Waals surface area contributed by atoms with Crippen molar-refractivity contribution in [3.8, 4) is 11.5 Å². The number of ether oxygens (including phenoxy) is 2. The van der Waals surface area contributed by atoms with Crippen LogP contribution in [-0.4, -0.2) is 19.5 Å². The average molecular weight is 210 g/mol. The van der Waals surface area contributed by atoms with Gasteiger partial charge in [-0.15, -0.1) is 0 Å². The Hall–Kier alpha value is -1.51. The van der Waals surface area contributed by atoms with E-state index in [0.29, 0.717) is 23.7 Å². The van der Waals surface area contributed by atoms with Crippen LogP contribution in [0, 0.1) is 0 Å². The number of ketones is 1. The third-order valence-corrected chi connectivity index (χ3v) is 1.86. The molecule has 0 radical (unpaired) electrons. The number of carbonyl (C=O) groups excluding carboxylic acids is 1. The molecule has 1 aromatic rings. The van der Waals surface area contributed by atoms with Crippen LogP contribution in [0.2, 0.25) is 0 Å². The van der Waals surface area contributed by atoms with Crippen LogP contribution in [0.3, 0.4) is 0 Å². The summed E-state index contributed by atoms with van der Waals surface area (Å²) in [7, 11) is 1.54. The van der Waals surface area contributed by atoms with Crippen molar-refractivity contribution < 1.29 is 14.3 Å². The smallest absolute Gasteiger partial charge is 0.163 e. The number of rotatable bonds is 4. The summed E-state index contributed by atoms with van der Waals surface area (Å²) in [5, 5.41) is 0. The van der Waals surface area contributed by atoms with Crippen molar-refractivity contribution in [2.24, 2.45) is 0 Å². The minimum Gasteiger partial charge on any atom is -0.496 e. The molecule has 0 saturated carbocycles. The van der Waals surface area contributed by atoms with E-state index < -0.39 is 0 Å². The fraction of sp³-hybridized carbons (Fsp3) is 0.417. The van der Waals surface area contributed by atoms with E-state index in [1.165, 1.54) is 14.0 Å². The zero-order valence-electron chi connectivity index (χ0n) is 8.66. The molecule has 3 heteroatoms. The maximum Gasteiger partial charge on any atom is 0.163 e. The maximum atomic E-state index is 11.2. The first-order valence-electron chi connectivity index (χ1n) is 4.50. The van der Waals surface area contributed by atoms with Crippen molar-refractivity contribution in [3.63, 3.8) is 0 Å². The summed E-state index contributed by atoms with van der Waals surface area (Å²) in [6.07, 6.45) is 0. The van der Waals surface area contributed by atoms with E-state index >= 15 is 0 Å². The van der Waals surface area contributed by atoms with Crippen LogP contribution in [0.4, 0.5) is 0 Å². The van der Waals surface area contributed by atoms with Gasteiger partial charge in [0.2, 0.25) is 0 Å². The lowest BCUT2D eigenvalue weighted by atomic mass is 10.1. The maximum absolute atomic E-state index is 11.2. The molecule has 3 nitrogen and oxygen atoms in total. The summed E-state index contributed by atoms with van der Waals surface area (Å²) in [5.41, 5.74) is 0.580. The molecule has 0 spiro atoms. The zero-order chi connectivity index (χ0) is 10.6. The van der Waals surface area contributed by atoms with Crippen molar-refractivity contribution in [1.82, 2.24) is 0 Å². The third-order valence-electron chi connectivity index (χ3n) is 1.86. The van der Waals surface area contributed by atoms with E-state index in [1.807, 2.05) is 6.92 Å². The second-order valence-electron chi connectivity index (χ2n) is 2.85. The molecule has 0 bridgehead atoms. The predicted molar refractivity (Wildman–Crippen MR) is 60.9 cm³/mol. The van der Waals surface area contributed by atoms with Gasteiger partial charge in [-0.05, 0) is 26.0 Å². The van der Waals surface area contributed by atoms with Crippen LogP contribution in [0.1, 0.15) is 31.6 Å². The van der Waals surface area contributed by atoms with Gasteiger partial charge in [0.15, 0.2) is 5.78 Å². The predicted octanol–water partition coefficient (Wildman–Crippen LogP) is 2.93. The minimum absolute atomic E-state index is 0. The van der Waals surface area contributed by atoms with Crippen LogP contribution in [-0.2, 0) is 0 Å². The van der Waals surface area contributed by atoms with Gasteiger partial charge in [-0.1, -0.05) is 7.43 Å². The van der Waals surface area contributed by atoms with E-state index in [2.05, 4.69) is 0 Å². The molecule has 0 aliphatic carbocycles. The average Bonchev–Trinajstić information content (AvgIpc) is 2.17. The Morgan fingerprint density at radius 2 is 2.07 bits per heavy atom. The molecule has 0 heterocycles. The first-order valence-corrected chi connectivity index (χ1v) is 4.50.